The maximum Gasteiger partial charge on any atom is 0.263 e. The van der Waals surface area contributed by atoms with Crippen LogP contribution >= 0.6 is 11.6 Å². The molecule has 8 nitrogen and oxygen atoms in total. The first-order valence-electron chi connectivity index (χ1n) is 12.2. The number of hydrogen-bond acceptors (Lipinski definition) is 5. The Kier molecular flexibility index (Phi) is 8.42. The molecule has 1 heterocycles. The summed E-state index contributed by atoms with van der Waals surface area (Å²) in [6.07, 6.45) is 2.58. The van der Waals surface area contributed by atoms with Crippen LogP contribution in [0.4, 0.5) is 5.69 Å². The first-order valence-corrected chi connectivity index (χ1v) is 14.4. The Balaban J connectivity index is 1.49. The van der Waals surface area contributed by atoms with Gasteiger partial charge >= 0.3 is 0 Å². The summed E-state index contributed by atoms with van der Waals surface area (Å²) in [5, 5.41) is 4.72. The average Bonchev–Trinajstić information content (AvgIpc) is 3.17. The van der Waals surface area contributed by atoms with Gasteiger partial charge in [0, 0.05) is 17.0 Å². The van der Waals surface area contributed by atoms with E-state index in [1.54, 1.807) is 24.3 Å². The summed E-state index contributed by atoms with van der Waals surface area (Å²) in [5.74, 6) is 0.610. The van der Waals surface area contributed by atoms with Crippen molar-refractivity contribution in [3.05, 3.63) is 107 Å². The zero-order chi connectivity index (χ0) is 28.2. The SMILES string of the molecule is Cc1cc(/C=N\NC(=O)[C@H](C)N(c2ccc(Oc3ccccc3)cc2)S(C)(=O)=O)c(C)n1-c1ccccc1Cl. The van der Waals surface area contributed by atoms with Crippen molar-refractivity contribution in [2.45, 2.75) is 26.8 Å². The molecule has 4 aromatic rings. The van der Waals surface area contributed by atoms with Crippen molar-refractivity contribution < 1.29 is 17.9 Å². The highest BCUT2D eigenvalue weighted by molar-refractivity contribution is 7.92. The molecule has 0 bridgehead atoms. The monoisotopic (exact) mass is 564 g/mol. The van der Waals surface area contributed by atoms with E-state index in [1.807, 2.05) is 79.1 Å². The van der Waals surface area contributed by atoms with Crippen molar-refractivity contribution in [2.24, 2.45) is 5.10 Å². The second kappa shape index (κ2) is 11.8. The van der Waals surface area contributed by atoms with Crippen LogP contribution < -0.4 is 14.5 Å². The highest BCUT2D eigenvalue weighted by Gasteiger charge is 2.29. The smallest absolute Gasteiger partial charge is 0.263 e. The van der Waals surface area contributed by atoms with Crippen molar-refractivity contribution in [3.8, 4) is 17.2 Å². The predicted molar refractivity (Wildman–Crippen MR) is 156 cm³/mol. The molecule has 0 fully saturated rings. The summed E-state index contributed by atoms with van der Waals surface area (Å²) in [7, 11) is -3.79. The minimum absolute atomic E-state index is 0.327. The Morgan fingerprint density at radius 3 is 2.26 bits per heavy atom. The lowest BCUT2D eigenvalue weighted by molar-refractivity contribution is -0.121. The van der Waals surface area contributed by atoms with Crippen molar-refractivity contribution in [1.29, 1.82) is 0 Å². The molecule has 0 spiro atoms. The minimum atomic E-state index is -3.79. The lowest BCUT2D eigenvalue weighted by Gasteiger charge is -2.27. The number of para-hydroxylation sites is 2. The van der Waals surface area contributed by atoms with Crippen LogP contribution in [0.15, 0.2) is 90.0 Å². The number of halogens is 1. The zero-order valence-electron chi connectivity index (χ0n) is 22.0. The van der Waals surface area contributed by atoms with Gasteiger partial charge in [0.2, 0.25) is 10.0 Å². The van der Waals surface area contributed by atoms with E-state index >= 15 is 0 Å². The van der Waals surface area contributed by atoms with Crippen LogP contribution in [-0.4, -0.2) is 37.4 Å². The second-order valence-corrected chi connectivity index (χ2v) is 11.3. The molecule has 0 aliphatic rings. The topological polar surface area (TPSA) is 93.0 Å². The molecule has 1 amide bonds. The first kappa shape index (κ1) is 27.9. The molecule has 0 radical (unpaired) electrons. The maximum atomic E-state index is 12.9. The number of nitrogens with one attached hydrogen (secondary N) is 1. The van der Waals surface area contributed by atoms with Crippen LogP contribution in [0.1, 0.15) is 23.9 Å². The van der Waals surface area contributed by atoms with Crippen molar-refractivity contribution >= 4 is 39.4 Å². The molecule has 0 saturated carbocycles. The van der Waals surface area contributed by atoms with Gasteiger partial charge in [-0.05, 0) is 75.4 Å². The third-order valence-corrected chi connectivity index (χ3v) is 7.66. The Morgan fingerprint density at radius 2 is 1.62 bits per heavy atom. The number of anilines is 1. The quantitative estimate of drug-likeness (QED) is 0.204. The number of carbonyl (C=O) groups excluding carboxylic acids is 1. The molecule has 1 N–H and O–H groups in total. The number of nitrogens with zero attached hydrogens (tertiary/aromatic N) is 3. The third-order valence-electron chi connectivity index (χ3n) is 6.10. The molecule has 0 aliphatic heterocycles. The normalized spacial score (nSPS) is 12.3. The molecule has 202 valence electrons. The van der Waals surface area contributed by atoms with E-state index in [0.29, 0.717) is 22.2 Å². The number of hydrazone groups is 1. The number of aromatic nitrogens is 1. The Bertz CT molecular complexity index is 1600. The highest BCUT2D eigenvalue weighted by Crippen LogP contribution is 2.28. The number of carbonyl (C=O) groups is 1. The van der Waals surface area contributed by atoms with Gasteiger partial charge in [0.1, 0.15) is 17.5 Å². The number of hydrogen-bond donors (Lipinski definition) is 1. The Morgan fingerprint density at radius 1 is 1.00 bits per heavy atom. The standard InChI is InChI=1S/C29H29ClN4O4S/c1-20-18-23(21(2)33(20)28-13-9-8-12-27(28)30)19-31-32-29(35)22(3)34(39(4,36)37)24-14-16-26(17-15-24)38-25-10-6-5-7-11-25/h5-19,22H,1-4H3,(H,32,35)/b31-19-/t22-/m0/s1. The van der Waals surface area contributed by atoms with Gasteiger partial charge in [0.05, 0.1) is 28.9 Å². The molecule has 1 atom stereocenters. The number of rotatable bonds is 9. The number of ether oxygens (including phenoxy) is 1. The molecular formula is C29H29ClN4O4S. The van der Waals surface area contributed by atoms with Gasteiger partial charge in [-0.2, -0.15) is 5.10 Å². The van der Waals surface area contributed by atoms with Crippen molar-refractivity contribution in [1.82, 2.24) is 9.99 Å². The Hall–Kier alpha value is -4.08. The van der Waals surface area contributed by atoms with Gasteiger partial charge in [0.25, 0.3) is 5.91 Å². The van der Waals surface area contributed by atoms with Crippen LogP contribution in [-0.2, 0) is 14.8 Å². The molecule has 0 unspecified atom stereocenters. The Labute approximate surface area is 233 Å². The molecule has 3 aromatic carbocycles. The van der Waals surface area contributed by atoms with Crippen molar-refractivity contribution in [3.63, 3.8) is 0 Å². The fraction of sp³-hybridized carbons (Fsp3) is 0.172. The van der Waals surface area contributed by atoms with Crippen molar-refractivity contribution in [2.75, 3.05) is 10.6 Å². The maximum absolute atomic E-state index is 12.9. The lowest BCUT2D eigenvalue weighted by Crippen LogP contribution is -2.46. The van der Waals surface area contributed by atoms with Crippen LogP contribution in [0.5, 0.6) is 11.5 Å². The third kappa shape index (κ3) is 6.50. The fourth-order valence-corrected chi connectivity index (χ4v) is 5.67. The van der Waals surface area contributed by atoms with E-state index in [1.165, 1.54) is 13.1 Å². The largest absolute Gasteiger partial charge is 0.457 e. The van der Waals surface area contributed by atoms with Crippen LogP contribution in [0.25, 0.3) is 5.69 Å². The first-order chi connectivity index (χ1) is 18.6. The molecule has 0 saturated heterocycles. The highest BCUT2D eigenvalue weighted by atomic mass is 35.5. The van der Waals surface area contributed by atoms with E-state index in [2.05, 4.69) is 10.5 Å². The molecular weight excluding hydrogens is 536 g/mol. The number of amides is 1. The summed E-state index contributed by atoms with van der Waals surface area (Å²) in [5.41, 5.74) is 6.26. The van der Waals surface area contributed by atoms with E-state index in [9.17, 15) is 13.2 Å². The minimum Gasteiger partial charge on any atom is -0.457 e. The number of sulfonamides is 1. The molecule has 10 heteroatoms. The van der Waals surface area contributed by atoms with Crippen LogP contribution in [0, 0.1) is 13.8 Å². The van der Waals surface area contributed by atoms with Crippen LogP contribution in [0.2, 0.25) is 5.02 Å². The van der Waals surface area contributed by atoms with E-state index in [0.717, 1.165) is 33.2 Å². The zero-order valence-corrected chi connectivity index (χ0v) is 23.6. The van der Waals surface area contributed by atoms with E-state index in [4.69, 9.17) is 16.3 Å². The summed E-state index contributed by atoms with van der Waals surface area (Å²) < 4.78 is 34.2. The fourth-order valence-electron chi connectivity index (χ4n) is 4.28. The van der Waals surface area contributed by atoms with Gasteiger partial charge in [-0.1, -0.05) is 41.9 Å². The predicted octanol–water partition coefficient (Wildman–Crippen LogP) is 5.84. The van der Waals surface area contributed by atoms with Gasteiger partial charge in [0.15, 0.2) is 0 Å². The number of aryl methyl sites for hydroxylation is 1. The summed E-state index contributed by atoms with van der Waals surface area (Å²) >= 11 is 6.38. The van der Waals surface area contributed by atoms with Crippen LogP contribution in [0.3, 0.4) is 0 Å². The molecule has 1 aromatic heterocycles. The van der Waals surface area contributed by atoms with Gasteiger partial charge in [-0.25, -0.2) is 13.8 Å². The van der Waals surface area contributed by atoms with Gasteiger partial charge in [-0.15, -0.1) is 0 Å². The lowest BCUT2D eigenvalue weighted by atomic mass is 10.2. The van der Waals surface area contributed by atoms with Gasteiger partial charge < -0.3 is 9.30 Å². The molecule has 0 aliphatic carbocycles. The average molecular weight is 565 g/mol. The van der Waals surface area contributed by atoms with E-state index in [-0.39, 0.29) is 0 Å². The summed E-state index contributed by atoms with van der Waals surface area (Å²) in [6, 6.07) is 24.1. The molecule has 4 rings (SSSR count). The molecule has 39 heavy (non-hydrogen) atoms. The summed E-state index contributed by atoms with van der Waals surface area (Å²) in [4.78, 5) is 12.9. The number of benzene rings is 3. The second-order valence-electron chi connectivity index (χ2n) is 8.99. The summed E-state index contributed by atoms with van der Waals surface area (Å²) in [6.45, 7) is 5.39. The van der Waals surface area contributed by atoms with E-state index < -0.39 is 22.0 Å². The van der Waals surface area contributed by atoms with Gasteiger partial charge in [-0.3, -0.25) is 9.10 Å².